The Balaban J connectivity index is 3.51. The first kappa shape index (κ1) is 11.3. The highest BCUT2D eigenvalue weighted by Crippen LogP contribution is 2.18. The third-order valence-electron chi connectivity index (χ3n) is 1.90. The fourth-order valence-electron chi connectivity index (χ4n) is 0.845. The van der Waals surface area contributed by atoms with Gasteiger partial charge >= 0.3 is 0 Å². The highest BCUT2D eigenvalue weighted by atomic mass is 32.1. The van der Waals surface area contributed by atoms with Gasteiger partial charge in [0.2, 0.25) is 0 Å². The van der Waals surface area contributed by atoms with E-state index in [9.17, 15) is 0 Å². The van der Waals surface area contributed by atoms with Crippen molar-refractivity contribution in [3.63, 3.8) is 0 Å². The minimum Gasteiger partial charge on any atom is -0.353 e. The zero-order valence-corrected chi connectivity index (χ0v) is 8.49. The van der Waals surface area contributed by atoms with Crippen molar-refractivity contribution in [3.05, 3.63) is 0 Å². The summed E-state index contributed by atoms with van der Waals surface area (Å²) in [7, 11) is 3.34. The molecule has 0 aromatic rings. The molecule has 0 unspecified atom stereocenters. The quantitative estimate of drug-likeness (QED) is 0.381. The topological polar surface area (TPSA) is 18.5 Å². The third-order valence-corrected chi connectivity index (χ3v) is 2.22. The lowest BCUT2D eigenvalue weighted by Gasteiger charge is -2.26. The Bertz CT molecular complexity index is 92.1. The standard InChI is InChI=1S/C8H18O2S/c1-8(9-2,10-3)6-4-5-7-11/h11H,4-7H2,1-3H3. The first-order valence-corrected chi connectivity index (χ1v) is 4.53. The minimum atomic E-state index is -0.400. The summed E-state index contributed by atoms with van der Waals surface area (Å²) in [5.41, 5.74) is 0. The van der Waals surface area contributed by atoms with Crippen molar-refractivity contribution in [1.29, 1.82) is 0 Å². The molecule has 0 rings (SSSR count). The fourth-order valence-corrected chi connectivity index (χ4v) is 1.07. The molecule has 0 aliphatic carbocycles. The second kappa shape index (κ2) is 5.86. The third kappa shape index (κ3) is 4.67. The van der Waals surface area contributed by atoms with Gasteiger partial charge in [-0.25, -0.2) is 0 Å². The predicted molar refractivity (Wildman–Crippen MR) is 50.1 cm³/mol. The summed E-state index contributed by atoms with van der Waals surface area (Å²) in [5, 5.41) is 0. The van der Waals surface area contributed by atoms with Crippen molar-refractivity contribution in [1.82, 2.24) is 0 Å². The molecular weight excluding hydrogens is 160 g/mol. The first-order chi connectivity index (χ1) is 5.18. The normalized spacial score (nSPS) is 12.0. The smallest absolute Gasteiger partial charge is 0.164 e. The van der Waals surface area contributed by atoms with Crippen LogP contribution < -0.4 is 0 Å². The maximum Gasteiger partial charge on any atom is 0.164 e. The Labute approximate surface area is 74.7 Å². The molecule has 0 atom stereocenters. The number of ether oxygens (including phenoxy) is 2. The lowest BCUT2D eigenvalue weighted by molar-refractivity contribution is -0.197. The Morgan fingerprint density at radius 3 is 2.09 bits per heavy atom. The van der Waals surface area contributed by atoms with Crippen molar-refractivity contribution >= 4 is 12.6 Å². The van der Waals surface area contributed by atoms with Crippen LogP contribution in [0.25, 0.3) is 0 Å². The Morgan fingerprint density at radius 1 is 1.18 bits per heavy atom. The second-order valence-corrected chi connectivity index (χ2v) is 3.17. The van der Waals surface area contributed by atoms with Crippen LogP contribution in [0.3, 0.4) is 0 Å². The molecule has 0 amide bonds. The van der Waals surface area contributed by atoms with E-state index in [1.807, 2.05) is 6.92 Å². The lowest BCUT2D eigenvalue weighted by Crippen LogP contribution is -2.29. The van der Waals surface area contributed by atoms with E-state index < -0.39 is 5.79 Å². The number of hydrogen-bond acceptors (Lipinski definition) is 3. The van der Waals surface area contributed by atoms with Crippen molar-refractivity contribution in [3.8, 4) is 0 Å². The molecule has 68 valence electrons. The second-order valence-electron chi connectivity index (χ2n) is 2.72. The molecule has 0 spiro atoms. The molecule has 0 fully saturated rings. The van der Waals surface area contributed by atoms with Crippen LogP contribution in [0.5, 0.6) is 0 Å². The highest BCUT2D eigenvalue weighted by Gasteiger charge is 2.20. The molecule has 0 bridgehead atoms. The van der Waals surface area contributed by atoms with E-state index in [0.717, 1.165) is 25.0 Å². The molecule has 2 nitrogen and oxygen atoms in total. The van der Waals surface area contributed by atoms with Gasteiger partial charge in [0.25, 0.3) is 0 Å². The van der Waals surface area contributed by atoms with Gasteiger partial charge in [0.15, 0.2) is 5.79 Å². The molecule has 0 aromatic carbocycles. The van der Waals surface area contributed by atoms with Crippen LogP contribution in [0, 0.1) is 0 Å². The Kier molecular flexibility index (Phi) is 6.01. The van der Waals surface area contributed by atoms with Crippen LogP contribution in [-0.4, -0.2) is 25.8 Å². The van der Waals surface area contributed by atoms with Crippen molar-refractivity contribution in [2.45, 2.75) is 32.0 Å². The number of methoxy groups -OCH3 is 2. The highest BCUT2D eigenvalue weighted by molar-refractivity contribution is 7.80. The monoisotopic (exact) mass is 178 g/mol. The predicted octanol–water partition coefficient (Wildman–Crippen LogP) is 2.10. The summed E-state index contributed by atoms with van der Waals surface area (Å²) in [6.07, 6.45) is 3.15. The first-order valence-electron chi connectivity index (χ1n) is 3.89. The summed E-state index contributed by atoms with van der Waals surface area (Å²) in [4.78, 5) is 0. The van der Waals surface area contributed by atoms with E-state index in [1.54, 1.807) is 14.2 Å². The van der Waals surface area contributed by atoms with Gasteiger partial charge in [-0.3, -0.25) is 0 Å². The van der Waals surface area contributed by atoms with E-state index in [0.29, 0.717) is 0 Å². The van der Waals surface area contributed by atoms with Crippen LogP contribution in [0.2, 0.25) is 0 Å². The number of thiol groups is 1. The lowest BCUT2D eigenvalue weighted by atomic mass is 10.1. The molecule has 0 aliphatic heterocycles. The number of hydrogen-bond donors (Lipinski definition) is 1. The van der Waals surface area contributed by atoms with E-state index in [-0.39, 0.29) is 0 Å². The molecule has 0 radical (unpaired) electrons. The molecule has 0 aromatic heterocycles. The van der Waals surface area contributed by atoms with Crippen LogP contribution in [0.15, 0.2) is 0 Å². The molecular formula is C8H18O2S. The summed E-state index contributed by atoms with van der Waals surface area (Å²) < 4.78 is 10.4. The number of rotatable bonds is 6. The van der Waals surface area contributed by atoms with Gasteiger partial charge in [-0.15, -0.1) is 0 Å². The van der Waals surface area contributed by atoms with Gasteiger partial charge in [-0.2, -0.15) is 12.6 Å². The zero-order chi connectivity index (χ0) is 8.74. The van der Waals surface area contributed by atoms with Gasteiger partial charge < -0.3 is 9.47 Å². The van der Waals surface area contributed by atoms with E-state index >= 15 is 0 Å². The van der Waals surface area contributed by atoms with Crippen LogP contribution in [0.4, 0.5) is 0 Å². The molecule has 0 aliphatic rings. The summed E-state index contributed by atoms with van der Waals surface area (Å²) in [6.45, 7) is 1.95. The van der Waals surface area contributed by atoms with E-state index in [1.165, 1.54) is 0 Å². The molecule has 0 N–H and O–H groups in total. The summed E-state index contributed by atoms with van der Waals surface area (Å²) in [5.74, 6) is 0.534. The maximum absolute atomic E-state index is 5.19. The molecule has 0 saturated heterocycles. The van der Waals surface area contributed by atoms with Gasteiger partial charge in [0.1, 0.15) is 0 Å². The SMILES string of the molecule is COC(C)(CCCCS)OC. The van der Waals surface area contributed by atoms with Crippen molar-refractivity contribution < 1.29 is 9.47 Å². The molecule has 3 heteroatoms. The average molecular weight is 178 g/mol. The molecule has 0 heterocycles. The van der Waals surface area contributed by atoms with Gasteiger partial charge in [0, 0.05) is 20.6 Å². The van der Waals surface area contributed by atoms with Gasteiger partial charge in [-0.05, 0) is 25.5 Å². The van der Waals surface area contributed by atoms with Crippen LogP contribution in [0.1, 0.15) is 26.2 Å². The fraction of sp³-hybridized carbons (Fsp3) is 1.00. The van der Waals surface area contributed by atoms with E-state index in [2.05, 4.69) is 12.6 Å². The van der Waals surface area contributed by atoms with Crippen molar-refractivity contribution in [2.75, 3.05) is 20.0 Å². The average Bonchev–Trinajstić information content (AvgIpc) is 2.05. The minimum absolute atomic E-state index is 0.400. The van der Waals surface area contributed by atoms with Crippen LogP contribution in [-0.2, 0) is 9.47 Å². The summed E-state index contributed by atoms with van der Waals surface area (Å²) >= 11 is 4.13. The largest absolute Gasteiger partial charge is 0.353 e. The summed E-state index contributed by atoms with van der Waals surface area (Å²) in [6, 6.07) is 0. The Hall–Kier alpha value is 0.270. The van der Waals surface area contributed by atoms with Gasteiger partial charge in [0.05, 0.1) is 0 Å². The van der Waals surface area contributed by atoms with Crippen LogP contribution >= 0.6 is 12.6 Å². The van der Waals surface area contributed by atoms with E-state index in [4.69, 9.17) is 9.47 Å². The van der Waals surface area contributed by atoms with Gasteiger partial charge in [-0.1, -0.05) is 0 Å². The number of unbranched alkanes of at least 4 members (excludes halogenated alkanes) is 1. The zero-order valence-electron chi connectivity index (χ0n) is 7.59. The molecule has 11 heavy (non-hydrogen) atoms. The van der Waals surface area contributed by atoms with Crippen molar-refractivity contribution in [2.24, 2.45) is 0 Å². The molecule has 0 saturated carbocycles. The maximum atomic E-state index is 5.19. The Morgan fingerprint density at radius 2 is 1.73 bits per heavy atom.